The summed E-state index contributed by atoms with van der Waals surface area (Å²) in [4.78, 5) is 0. The Kier molecular flexibility index (Phi) is 12.4. The van der Waals surface area contributed by atoms with Crippen LogP contribution < -0.4 is 24.8 Å². The van der Waals surface area contributed by atoms with Gasteiger partial charge in [0.05, 0.1) is 0 Å². The molecule has 3 aliphatic carbocycles. The van der Waals surface area contributed by atoms with Crippen molar-refractivity contribution >= 4 is 3.26 Å². The van der Waals surface area contributed by atoms with Crippen molar-refractivity contribution in [3.63, 3.8) is 0 Å². The first-order chi connectivity index (χ1) is 15.1. The van der Waals surface area contributed by atoms with Gasteiger partial charge < -0.3 is 24.8 Å². The summed E-state index contributed by atoms with van der Waals surface area (Å²) in [6, 6.07) is 15.1. The van der Waals surface area contributed by atoms with Crippen molar-refractivity contribution in [1.29, 1.82) is 0 Å². The second kappa shape index (κ2) is 13.5. The van der Waals surface area contributed by atoms with E-state index in [2.05, 4.69) is 90.1 Å². The minimum absolute atomic E-state index is 0. The molecule has 0 heterocycles. The molecule has 0 spiro atoms. The van der Waals surface area contributed by atoms with Gasteiger partial charge in [0.15, 0.2) is 0 Å². The zero-order valence-electron chi connectivity index (χ0n) is 21.6. The molecule has 0 radical (unpaired) electrons. The Labute approximate surface area is 235 Å². The quantitative estimate of drug-likeness (QED) is 0.257. The molecular formula is C31H38Cl2Hf-2. The van der Waals surface area contributed by atoms with E-state index in [9.17, 15) is 0 Å². The van der Waals surface area contributed by atoms with E-state index in [4.69, 9.17) is 0 Å². The fourth-order valence-electron chi connectivity index (χ4n) is 4.13. The Bertz CT molecular complexity index is 937. The number of allylic oxidation sites excluding steroid dienone is 4. The van der Waals surface area contributed by atoms with Gasteiger partial charge in [-0.2, -0.15) is 35.4 Å². The van der Waals surface area contributed by atoms with Gasteiger partial charge in [-0.1, -0.05) is 76.3 Å². The predicted octanol–water partition coefficient (Wildman–Crippen LogP) is 2.25. The van der Waals surface area contributed by atoms with E-state index in [1.807, 2.05) is 15.4 Å². The molecule has 0 N–H and O–H groups in total. The van der Waals surface area contributed by atoms with Crippen LogP contribution in [0.15, 0.2) is 48.6 Å². The number of hydrogen-bond acceptors (Lipinski definition) is 0. The van der Waals surface area contributed by atoms with Crippen LogP contribution in [0.2, 0.25) is 0 Å². The molecule has 34 heavy (non-hydrogen) atoms. The van der Waals surface area contributed by atoms with Crippen molar-refractivity contribution in [3.05, 3.63) is 83.0 Å². The molecule has 0 saturated heterocycles. The van der Waals surface area contributed by atoms with Crippen LogP contribution in [0.4, 0.5) is 0 Å². The van der Waals surface area contributed by atoms with Gasteiger partial charge in [0, 0.05) is 0 Å². The van der Waals surface area contributed by atoms with Crippen LogP contribution in [0.1, 0.15) is 95.9 Å². The van der Waals surface area contributed by atoms with Crippen LogP contribution >= 0.6 is 0 Å². The second-order valence-electron chi connectivity index (χ2n) is 11.1. The maximum atomic E-state index is 3.53. The van der Waals surface area contributed by atoms with Gasteiger partial charge in [-0.3, -0.25) is 6.08 Å². The summed E-state index contributed by atoms with van der Waals surface area (Å²) in [5, 5.41) is 0. The molecule has 3 heteroatoms. The summed E-state index contributed by atoms with van der Waals surface area (Å²) in [6.07, 6.45) is 16.9. The van der Waals surface area contributed by atoms with Gasteiger partial charge in [0.2, 0.25) is 0 Å². The van der Waals surface area contributed by atoms with Crippen molar-refractivity contribution in [1.82, 2.24) is 0 Å². The fourth-order valence-corrected chi connectivity index (χ4v) is 5.40. The average Bonchev–Trinajstić information content (AvgIpc) is 3.49. The number of benzene rings is 2. The third-order valence-electron chi connectivity index (χ3n) is 6.32. The van der Waals surface area contributed by atoms with Crippen molar-refractivity contribution in [2.24, 2.45) is 0 Å². The van der Waals surface area contributed by atoms with Crippen LogP contribution in [0, 0.1) is 12.1 Å². The molecule has 0 unspecified atom stereocenters. The Hall–Kier alpha value is -0.760. The molecule has 182 valence electrons. The Balaban J connectivity index is 0.000000367. The summed E-state index contributed by atoms with van der Waals surface area (Å²) in [7, 11) is 0. The second-order valence-corrected chi connectivity index (χ2v) is 13.7. The van der Waals surface area contributed by atoms with Crippen LogP contribution in [-0.4, -0.2) is 3.26 Å². The van der Waals surface area contributed by atoms with E-state index < -0.39 is 0 Å². The third-order valence-corrected chi connectivity index (χ3v) is 8.12. The van der Waals surface area contributed by atoms with Gasteiger partial charge in [0.25, 0.3) is 0 Å². The number of halogens is 2. The third kappa shape index (κ3) is 8.72. The molecule has 0 atom stereocenters. The van der Waals surface area contributed by atoms with E-state index >= 15 is 0 Å². The Morgan fingerprint density at radius 3 is 1.88 bits per heavy atom. The SMILES string of the molecule is CC(C)(C)c1c[c-]c2c(c1)-c1cc(C(C)(C)C)ccc1C2.[C-]1=CC=CC1.[Cl-].[Cl-].[Hf+2]=[C]1CCCC1. The van der Waals surface area contributed by atoms with Gasteiger partial charge >= 0.3 is 52.8 Å². The molecule has 2 aromatic rings. The van der Waals surface area contributed by atoms with Gasteiger partial charge in [-0.05, 0) is 17.4 Å². The van der Waals surface area contributed by atoms with Gasteiger partial charge in [-0.15, -0.1) is 12.0 Å². The zero-order valence-corrected chi connectivity index (χ0v) is 26.7. The van der Waals surface area contributed by atoms with Gasteiger partial charge in [0.1, 0.15) is 0 Å². The normalized spacial score (nSPS) is 15.2. The monoisotopic (exact) mass is 660 g/mol. The van der Waals surface area contributed by atoms with E-state index in [1.54, 1.807) is 0 Å². The van der Waals surface area contributed by atoms with E-state index in [0.717, 1.165) is 12.8 Å². The number of rotatable bonds is 0. The average molecular weight is 660 g/mol. The van der Waals surface area contributed by atoms with Crippen molar-refractivity contribution in [3.8, 4) is 11.1 Å². The molecule has 1 saturated carbocycles. The van der Waals surface area contributed by atoms with Crippen LogP contribution in [-0.2, 0) is 41.1 Å². The molecule has 1 fully saturated rings. The molecule has 2 aromatic carbocycles. The van der Waals surface area contributed by atoms with E-state index in [1.165, 1.54) is 83.0 Å². The number of hydrogen-bond donors (Lipinski definition) is 0. The van der Waals surface area contributed by atoms with Crippen LogP contribution in [0.3, 0.4) is 0 Å². The summed E-state index contributed by atoms with van der Waals surface area (Å²) in [5.41, 5.74) is 8.76. The maximum absolute atomic E-state index is 3.53. The molecule has 0 nitrogen and oxygen atoms in total. The van der Waals surface area contributed by atoms with E-state index in [-0.39, 0.29) is 35.6 Å². The molecule has 0 bridgehead atoms. The molecule has 0 aliphatic heterocycles. The summed E-state index contributed by atoms with van der Waals surface area (Å²) in [6.45, 7) is 13.6. The summed E-state index contributed by atoms with van der Waals surface area (Å²) in [5.74, 6) is 0. The minimum atomic E-state index is 0. The summed E-state index contributed by atoms with van der Waals surface area (Å²) >= 11 is 1.37. The summed E-state index contributed by atoms with van der Waals surface area (Å²) < 4.78 is 1.84. The van der Waals surface area contributed by atoms with Crippen molar-refractivity contribution < 1.29 is 48.7 Å². The first-order valence-electron chi connectivity index (χ1n) is 12.0. The molecule has 5 rings (SSSR count). The fraction of sp³-hybridized carbons (Fsp3) is 0.452. The van der Waals surface area contributed by atoms with Crippen LogP contribution in [0.5, 0.6) is 0 Å². The first kappa shape index (κ1) is 31.3. The van der Waals surface area contributed by atoms with Gasteiger partial charge in [-0.25, -0.2) is 12.2 Å². The molecule has 0 aromatic heterocycles. The molecule has 3 aliphatic rings. The molecular weight excluding hydrogens is 622 g/mol. The first-order valence-corrected chi connectivity index (χ1v) is 13.8. The van der Waals surface area contributed by atoms with E-state index in [0.29, 0.717) is 0 Å². The van der Waals surface area contributed by atoms with Crippen LogP contribution in [0.25, 0.3) is 11.1 Å². The zero-order chi connectivity index (χ0) is 23.4. The standard InChI is InChI=1S/C21H25.C5H8.C5H5.2ClH.Hf/c1-20(2,3)16-9-7-14-11-15-8-10-17(21(4,5)6)13-19(15)18(14)12-16;2*1-2-4-5-3-1;;;/h7,9-10,12-13H,11H2,1-6H3;1-4H2;1-3H,4H2;2*1H;/q-1;;-1;;;+2/p-2. The Morgan fingerprint density at radius 1 is 0.824 bits per heavy atom. The predicted molar refractivity (Wildman–Crippen MR) is 136 cm³/mol. The Morgan fingerprint density at radius 2 is 1.44 bits per heavy atom. The number of fused-ring (bicyclic) bond motifs is 3. The van der Waals surface area contributed by atoms with Crippen molar-refractivity contribution in [2.45, 2.75) is 90.9 Å². The topological polar surface area (TPSA) is 0 Å². The van der Waals surface area contributed by atoms with Crippen molar-refractivity contribution in [2.75, 3.05) is 0 Å². The molecule has 0 amide bonds.